The van der Waals surface area contributed by atoms with E-state index in [9.17, 15) is 0 Å². The first-order valence-electron chi connectivity index (χ1n) is 13.8. The van der Waals surface area contributed by atoms with Crippen molar-refractivity contribution >= 4 is 0 Å². The summed E-state index contributed by atoms with van der Waals surface area (Å²) in [6, 6.07) is 0. The molecule has 3 saturated carbocycles. The molecule has 0 heteroatoms. The molecule has 0 heterocycles. The van der Waals surface area contributed by atoms with Crippen LogP contribution in [-0.4, -0.2) is 0 Å². The van der Waals surface area contributed by atoms with Gasteiger partial charge < -0.3 is 0 Å². The van der Waals surface area contributed by atoms with E-state index in [-0.39, 0.29) is 0 Å². The van der Waals surface area contributed by atoms with Gasteiger partial charge in [0.05, 0.1) is 0 Å². The molecule has 3 rings (SSSR count). The lowest BCUT2D eigenvalue weighted by Crippen LogP contribution is -2.24. The largest absolute Gasteiger partial charge is 0.0654 e. The van der Waals surface area contributed by atoms with Gasteiger partial charge in [0.15, 0.2) is 0 Å². The first kappa shape index (κ1) is 22.7. The lowest BCUT2D eigenvalue weighted by Gasteiger charge is -2.36. The van der Waals surface area contributed by atoms with Crippen LogP contribution in [0.4, 0.5) is 0 Å². The van der Waals surface area contributed by atoms with Crippen molar-refractivity contribution in [2.45, 2.75) is 142 Å². The Hall–Kier alpha value is 0. The Morgan fingerprint density at radius 1 is 0.536 bits per heavy atom. The van der Waals surface area contributed by atoms with Crippen LogP contribution in [0.5, 0.6) is 0 Å². The van der Waals surface area contributed by atoms with Gasteiger partial charge in [-0.15, -0.1) is 0 Å². The molecule has 1 atom stereocenters. The third kappa shape index (κ3) is 7.36. The van der Waals surface area contributed by atoms with Crippen LogP contribution in [0.25, 0.3) is 0 Å². The standard InChI is InChI=1S/C28H52/c1-3-8-23-12-14-24(15-13-23)16-17-25-18-20-26(21-19-25)22-28(9-4-2)27-10-6-5-7-11-27/h23-28H,3-22H2,1-2H3. The fourth-order valence-corrected chi connectivity index (χ4v) is 7.39. The van der Waals surface area contributed by atoms with Crippen LogP contribution in [0.15, 0.2) is 0 Å². The molecule has 0 aromatic heterocycles. The van der Waals surface area contributed by atoms with Gasteiger partial charge in [-0.3, -0.25) is 0 Å². The molecule has 1 unspecified atom stereocenters. The molecule has 28 heavy (non-hydrogen) atoms. The second-order valence-corrected chi connectivity index (χ2v) is 11.3. The summed E-state index contributed by atoms with van der Waals surface area (Å²) in [5, 5.41) is 0. The Morgan fingerprint density at radius 2 is 1.04 bits per heavy atom. The van der Waals surface area contributed by atoms with Crippen LogP contribution in [-0.2, 0) is 0 Å². The molecule has 3 aliphatic rings. The normalized spacial score (nSPS) is 33.6. The maximum absolute atomic E-state index is 2.42. The van der Waals surface area contributed by atoms with Crippen molar-refractivity contribution in [3.05, 3.63) is 0 Å². The monoisotopic (exact) mass is 388 g/mol. The minimum absolute atomic E-state index is 1.07. The van der Waals surface area contributed by atoms with Gasteiger partial charge >= 0.3 is 0 Å². The highest BCUT2D eigenvalue weighted by molar-refractivity contribution is 4.81. The molecule has 0 aromatic rings. The molecule has 3 aliphatic carbocycles. The van der Waals surface area contributed by atoms with Crippen LogP contribution >= 0.6 is 0 Å². The van der Waals surface area contributed by atoms with E-state index >= 15 is 0 Å². The second kappa shape index (κ2) is 12.6. The summed E-state index contributed by atoms with van der Waals surface area (Å²) in [6.07, 6.45) is 30.7. The number of rotatable bonds is 10. The molecule has 0 nitrogen and oxygen atoms in total. The Bertz CT molecular complexity index is 377. The SMILES string of the molecule is CCCC1CCC(CCC2CCC(CC(CCC)C3CCCCC3)CC2)CC1. The molecular formula is C28H52. The van der Waals surface area contributed by atoms with E-state index in [2.05, 4.69) is 13.8 Å². The highest BCUT2D eigenvalue weighted by Crippen LogP contribution is 2.42. The average molecular weight is 389 g/mol. The summed E-state index contributed by atoms with van der Waals surface area (Å²) in [6.45, 7) is 4.78. The highest BCUT2D eigenvalue weighted by Gasteiger charge is 2.29. The molecule has 0 spiro atoms. The zero-order valence-corrected chi connectivity index (χ0v) is 19.6. The lowest BCUT2D eigenvalue weighted by atomic mass is 9.70. The summed E-state index contributed by atoms with van der Waals surface area (Å²) in [5.74, 6) is 6.51. The van der Waals surface area contributed by atoms with Gasteiger partial charge in [0.2, 0.25) is 0 Å². The maximum Gasteiger partial charge on any atom is -0.0383 e. The van der Waals surface area contributed by atoms with Gasteiger partial charge in [-0.05, 0) is 41.9 Å². The van der Waals surface area contributed by atoms with Crippen LogP contribution < -0.4 is 0 Å². The van der Waals surface area contributed by atoms with E-state index in [1.54, 1.807) is 83.5 Å². The molecule has 164 valence electrons. The molecule has 0 amide bonds. The molecule has 0 bridgehead atoms. The predicted molar refractivity (Wildman–Crippen MR) is 125 cm³/mol. The Morgan fingerprint density at radius 3 is 1.54 bits per heavy atom. The van der Waals surface area contributed by atoms with Gasteiger partial charge in [-0.2, -0.15) is 0 Å². The van der Waals surface area contributed by atoms with Crippen LogP contribution in [0.3, 0.4) is 0 Å². The predicted octanol–water partition coefficient (Wildman–Crippen LogP) is 9.57. The van der Waals surface area contributed by atoms with Crippen LogP contribution in [0.1, 0.15) is 142 Å². The molecule has 0 aliphatic heterocycles. The third-order valence-corrected chi connectivity index (χ3v) is 9.22. The molecule has 0 N–H and O–H groups in total. The summed E-state index contributed by atoms with van der Waals surface area (Å²) >= 11 is 0. The Labute approximate surface area is 178 Å². The smallest absolute Gasteiger partial charge is 0.0383 e. The fourth-order valence-electron chi connectivity index (χ4n) is 7.39. The van der Waals surface area contributed by atoms with Gasteiger partial charge in [0.25, 0.3) is 0 Å². The molecule has 0 radical (unpaired) electrons. The Kier molecular flexibility index (Phi) is 10.2. The minimum Gasteiger partial charge on any atom is -0.0654 e. The topological polar surface area (TPSA) is 0 Å². The van der Waals surface area contributed by atoms with E-state index in [0.29, 0.717) is 0 Å². The lowest BCUT2D eigenvalue weighted by molar-refractivity contribution is 0.158. The van der Waals surface area contributed by atoms with E-state index in [4.69, 9.17) is 0 Å². The van der Waals surface area contributed by atoms with Gasteiger partial charge in [-0.1, -0.05) is 136 Å². The van der Waals surface area contributed by atoms with Crippen molar-refractivity contribution in [1.82, 2.24) is 0 Å². The maximum atomic E-state index is 2.42. The van der Waals surface area contributed by atoms with Gasteiger partial charge in [-0.25, -0.2) is 0 Å². The van der Waals surface area contributed by atoms with Crippen molar-refractivity contribution in [3.8, 4) is 0 Å². The fraction of sp³-hybridized carbons (Fsp3) is 1.00. The first-order chi connectivity index (χ1) is 13.8. The summed E-state index contributed by atoms with van der Waals surface area (Å²) < 4.78 is 0. The van der Waals surface area contributed by atoms with Gasteiger partial charge in [0, 0.05) is 0 Å². The Balaban J connectivity index is 1.31. The summed E-state index contributed by atoms with van der Waals surface area (Å²) in [7, 11) is 0. The zero-order valence-electron chi connectivity index (χ0n) is 19.6. The molecular weight excluding hydrogens is 336 g/mol. The van der Waals surface area contributed by atoms with Crippen molar-refractivity contribution in [1.29, 1.82) is 0 Å². The second-order valence-electron chi connectivity index (χ2n) is 11.3. The molecule has 0 aromatic carbocycles. The zero-order chi connectivity index (χ0) is 19.6. The molecule has 0 saturated heterocycles. The van der Waals surface area contributed by atoms with E-state index in [1.165, 1.54) is 44.9 Å². The van der Waals surface area contributed by atoms with E-state index < -0.39 is 0 Å². The van der Waals surface area contributed by atoms with Gasteiger partial charge in [0.1, 0.15) is 0 Å². The van der Waals surface area contributed by atoms with Crippen molar-refractivity contribution in [2.24, 2.45) is 35.5 Å². The summed E-state index contributed by atoms with van der Waals surface area (Å²) in [4.78, 5) is 0. The third-order valence-electron chi connectivity index (χ3n) is 9.22. The number of hydrogen-bond acceptors (Lipinski definition) is 0. The summed E-state index contributed by atoms with van der Waals surface area (Å²) in [5.41, 5.74) is 0. The van der Waals surface area contributed by atoms with Crippen molar-refractivity contribution < 1.29 is 0 Å². The van der Waals surface area contributed by atoms with E-state index in [0.717, 1.165) is 35.5 Å². The number of hydrogen-bond donors (Lipinski definition) is 0. The van der Waals surface area contributed by atoms with Crippen molar-refractivity contribution in [3.63, 3.8) is 0 Å². The average Bonchev–Trinajstić information content (AvgIpc) is 2.75. The quantitative estimate of drug-likeness (QED) is 0.349. The highest BCUT2D eigenvalue weighted by atomic mass is 14.3. The minimum atomic E-state index is 1.07. The van der Waals surface area contributed by atoms with Crippen molar-refractivity contribution in [2.75, 3.05) is 0 Å². The van der Waals surface area contributed by atoms with Crippen LogP contribution in [0.2, 0.25) is 0 Å². The van der Waals surface area contributed by atoms with E-state index in [1.807, 2.05) is 0 Å². The van der Waals surface area contributed by atoms with Crippen LogP contribution in [0, 0.1) is 35.5 Å². The molecule has 3 fully saturated rings. The first-order valence-corrected chi connectivity index (χ1v) is 13.8.